The van der Waals surface area contributed by atoms with Crippen LogP contribution in [-0.2, 0) is 18.9 Å². The van der Waals surface area contributed by atoms with Gasteiger partial charge in [-0.2, -0.15) is 7.82 Å². The van der Waals surface area contributed by atoms with Crippen LogP contribution in [0.3, 0.4) is 0 Å². The average molecular weight is 468 g/mol. The Hall–Kier alpha value is 3.43. The van der Waals surface area contributed by atoms with Crippen LogP contribution in [0.1, 0.15) is 38.5 Å². The van der Waals surface area contributed by atoms with E-state index in [1.165, 1.54) is 0 Å². The average Bonchev–Trinajstić information content (AvgIpc) is 3.14. The first-order chi connectivity index (χ1) is 10.7. The third-order valence-corrected chi connectivity index (χ3v) is 2.71. The molecule has 3 aliphatic rings. The predicted molar refractivity (Wildman–Crippen MR) is 74.3 cm³/mol. The molecule has 0 aromatic heterocycles. The molecule has 0 radical (unpaired) electrons. The summed E-state index contributed by atoms with van der Waals surface area (Å²) in [5.74, 6) is 0.611. The van der Waals surface area contributed by atoms with Gasteiger partial charge in [0.05, 0.1) is 0 Å². The Morgan fingerprint density at radius 1 is 0.615 bits per heavy atom. The van der Waals surface area contributed by atoms with Crippen molar-refractivity contribution in [2.45, 2.75) is 38.5 Å². The first-order valence-corrected chi connectivity index (χ1v) is 8.67. The second-order valence-electron chi connectivity index (χ2n) is 4.81. The molecule has 3 rings (SSSR count). The fraction of sp³-hybridized carbons (Fsp3) is 0.750. The van der Waals surface area contributed by atoms with Crippen LogP contribution in [0.2, 0.25) is 0 Å². The molecule has 0 bridgehead atoms. The van der Waals surface area contributed by atoms with Crippen LogP contribution >= 0.6 is 7.82 Å². The van der Waals surface area contributed by atoms with Gasteiger partial charge in [0.1, 0.15) is 0 Å². The molecule has 0 spiro atoms. The number of rotatable bonds is 0. The smallest absolute Gasteiger partial charge is 0.822 e. The van der Waals surface area contributed by atoms with Gasteiger partial charge in [0.15, 0.2) is 0 Å². The van der Waals surface area contributed by atoms with Crippen molar-refractivity contribution in [2.75, 3.05) is 19.6 Å². The van der Waals surface area contributed by atoms with E-state index in [1.807, 2.05) is 0 Å². The first-order valence-electron chi connectivity index (χ1n) is 7.21. The van der Waals surface area contributed by atoms with Crippen LogP contribution in [0.25, 0.3) is 0 Å². The minimum absolute atomic E-state index is 0. The van der Waals surface area contributed by atoms with E-state index in [4.69, 9.17) is 19.2 Å². The summed E-state index contributed by atoms with van der Waals surface area (Å²) in [4.78, 5) is 56.0. The van der Waals surface area contributed by atoms with Crippen LogP contribution in [0.5, 0.6) is 0 Å². The van der Waals surface area contributed by atoms with Crippen molar-refractivity contribution in [2.24, 2.45) is 0 Å². The van der Waals surface area contributed by atoms with Gasteiger partial charge in [-0.25, -0.2) is 0 Å². The van der Waals surface area contributed by atoms with Crippen molar-refractivity contribution in [3.05, 3.63) is 0 Å². The molecule has 0 aliphatic carbocycles. The summed E-state index contributed by atoms with van der Waals surface area (Å²) in [6.45, 7) is 2.66. The van der Waals surface area contributed by atoms with Crippen molar-refractivity contribution in [1.29, 1.82) is 0 Å². The van der Waals surface area contributed by atoms with E-state index in [-0.39, 0.29) is 172 Å². The van der Waals surface area contributed by atoms with Crippen molar-refractivity contribution < 1.29 is 188 Å². The van der Waals surface area contributed by atoms with Crippen LogP contribution < -0.4 is 185 Å². The van der Waals surface area contributed by atoms with Gasteiger partial charge in [0.2, 0.25) is 17.7 Å². The summed E-state index contributed by atoms with van der Waals surface area (Å²) in [5, 5.41) is 8.04. The second-order valence-corrected chi connectivity index (χ2v) is 5.70. The van der Waals surface area contributed by atoms with Gasteiger partial charge in [-0.15, -0.1) is 0 Å². The molecule has 3 fully saturated rings. The number of hydrogen-bond acceptors (Lipinski definition) is 7. The van der Waals surface area contributed by atoms with Crippen LogP contribution in [0.15, 0.2) is 0 Å². The zero-order valence-electron chi connectivity index (χ0n) is 15.7. The van der Waals surface area contributed by atoms with Crippen LogP contribution in [-0.4, -0.2) is 37.4 Å². The molecular formula is C12H21K3N3O7P. The molecule has 134 valence electrons. The summed E-state index contributed by atoms with van der Waals surface area (Å²) in [6, 6.07) is 0. The molecule has 26 heavy (non-hydrogen) atoms. The number of phosphoric acid groups is 1. The van der Waals surface area contributed by atoms with Gasteiger partial charge >= 0.3 is 154 Å². The normalized spacial score (nSPS) is 16.8. The Balaban J connectivity index is -0.000000120. The molecule has 0 saturated carbocycles. The Bertz CT molecular complexity index is 372. The van der Waals surface area contributed by atoms with E-state index in [0.29, 0.717) is 0 Å². The zero-order chi connectivity index (χ0) is 17.7. The molecule has 14 heteroatoms. The summed E-state index contributed by atoms with van der Waals surface area (Å²) >= 11 is 0. The van der Waals surface area contributed by atoms with E-state index < -0.39 is 7.82 Å². The number of amides is 3. The Labute approximate surface area is 281 Å². The van der Waals surface area contributed by atoms with Gasteiger partial charge in [-0.05, 0) is 19.3 Å². The maximum absolute atomic E-state index is 10.1. The first kappa shape index (κ1) is 36.8. The summed E-state index contributed by atoms with van der Waals surface area (Å²) in [6.07, 6.45) is 5.29. The van der Waals surface area contributed by atoms with Crippen molar-refractivity contribution in [1.82, 2.24) is 16.0 Å². The molecule has 3 amide bonds. The van der Waals surface area contributed by atoms with Gasteiger partial charge in [-0.3, -0.25) is 14.4 Å². The fourth-order valence-electron chi connectivity index (χ4n) is 1.70. The third kappa shape index (κ3) is 32.1. The topological polar surface area (TPSA) is 174 Å². The molecule has 3 aliphatic heterocycles. The van der Waals surface area contributed by atoms with Crippen molar-refractivity contribution in [3.63, 3.8) is 0 Å². The summed E-state index contributed by atoms with van der Waals surface area (Å²) in [7, 11) is -5.39. The third-order valence-electron chi connectivity index (χ3n) is 2.71. The van der Waals surface area contributed by atoms with Crippen molar-refractivity contribution in [3.8, 4) is 0 Å². The maximum atomic E-state index is 10.1. The van der Waals surface area contributed by atoms with Gasteiger partial charge in [0, 0.05) is 38.9 Å². The largest absolute Gasteiger partial charge is 1.00 e. The molecule has 3 heterocycles. The van der Waals surface area contributed by atoms with Crippen LogP contribution in [0.4, 0.5) is 0 Å². The van der Waals surface area contributed by atoms with Crippen LogP contribution in [0, 0.1) is 0 Å². The molecule has 3 N–H and O–H groups in total. The summed E-state index contributed by atoms with van der Waals surface area (Å²) in [5.41, 5.74) is 0. The van der Waals surface area contributed by atoms with Gasteiger partial charge < -0.3 is 35.2 Å². The van der Waals surface area contributed by atoms with Gasteiger partial charge in [0.25, 0.3) is 0 Å². The van der Waals surface area contributed by atoms with Crippen molar-refractivity contribution >= 4 is 25.5 Å². The Morgan fingerprint density at radius 2 is 0.808 bits per heavy atom. The van der Waals surface area contributed by atoms with E-state index in [2.05, 4.69) is 16.0 Å². The van der Waals surface area contributed by atoms with E-state index in [9.17, 15) is 14.4 Å². The monoisotopic (exact) mass is 467 g/mol. The second kappa shape index (κ2) is 23.1. The number of nitrogens with one attached hydrogen (secondary N) is 3. The van der Waals surface area contributed by atoms with E-state index >= 15 is 0 Å². The molecule has 0 aromatic carbocycles. The molecule has 0 unspecified atom stereocenters. The number of hydrogen-bond donors (Lipinski definition) is 3. The van der Waals surface area contributed by atoms with E-state index in [1.54, 1.807) is 0 Å². The Kier molecular flexibility index (Phi) is 32.7. The minimum Gasteiger partial charge on any atom is -0.822 e. The minimum atomic E-state index is -5.39. The van der Waals surface area contributed by atoms with Gasteiger partial charge in [-0.1, -0.05) is 0 Å². The van der Waals surface area contributed by atoms with E-state index in [0.717, 1.165) is 58.2 Å². The standard InChI is InChI=1S/3C4H7NO.3K.H3O4P/c3*6-4-2-1-3-5-4;;;;1-5(2,3)4/h3*1-3H2,(H,5,6);;;;(H3,1,2,3,4)/q;;;3*+1;/p-3. The molecule has 3 saturated heterocycles. The molecule has 0 aromatic rings. The SMILES string of the molecule is O=C1CCCN1.O=C1CCCN1.O=C1CCCN1.O=P([O-])([O-])[O-].[K+].[K+].[K+]. The quantitative estimate of drug-likeness (QED) is 0.234. The molecule has 0 atom stereocenters. The number of carbonyl (C=O) groups excluding carboxylic acids is 3. The predicted octanol–water partition coefficient (Wildman–Crippen LogP) is -12.1. The summed E-state index contributed by atoms with van der Waals surface area (Å²) < 4.78 is 8.55. The maximum Gasteiger partial charge on any atom is 1.00 e. The molecule has 10 nitrogen and oxygen atoms in total. The fourth-order valence-corrected chi connectivity index (χ4v) is 1.70. The molecular weight excluding hydrogens is 446 g/mol. The zero-order valence-corrected chi connectivity index (χ0v) is 25.9. The number of carbonyl (C=O) groups is 3. The Morgan fingerprint density at radius 3 is 0.846 bits per heavy atom.